The van der Waals surface area contributed by atoms with E-state index in [0.717, 1.165) is 16.8 Å². The molecule has 0 radical (unpaired) electrons. The molecule has 0 aromatic heterocycles. The van der Waals surface area contributed by atoms with Crippen molar-refractivity contribution in [3.63, 3.8) is 0 Å². The maximum atomic E-state index is 10.5. The summed E-state index contributed by atoms with van der Waals surface area (Å²) in [4.78, 5) is 0. The average molecular weight is 355 g/mol. The number of rotatable bonds is 2. The molecule has 0 amide bonds. The van der Waals surface area contributed by atoms with Gasteiger partial charge in [-0.25, -0.2) is 0 Å². The van der Waals surface area contributed by atoms with Crippen molar-refractivity contribution in [2.45, 2.75) is 31.9 Å². The number of hydrogen-bond donors (Lipinski definition) is 2. The molecule has 5 heteroatoms. The zero-order chi connectivity index (χ0) is 17.6. The van der Waals surface area contributed by atoms with Crippen LogP contribution in [0, 0.1) is 0 Å². The van der Waals surface area contributed by atoms with Gasteiger partial charge >= 0.3 is 0 Å². The Hall–Kier alpha value is -2.46. The molecule has 2 aliphatic heterocycles. The molecule has 2 aromatic carbocycles. The molecule has 2 aliphatic rings. The van der Waals surface area contributed by atoms with Gasteiger partial charge in [0.2, 0.25) is 0 Å². The number of halogens is 1. The Morgan fingerprint density at radius 2 is 1.96 bits per heavy atom. The van der Waals surface area contributed by atoms with E-state index in [-0.39, 0.29) is 11.8 Å². The van der Waals surface area contributed by atoms with Gasteiger partial charge in [0.15, 0.2) is 0 Å². The number of benzene rings is 2. The third-order valence-electron chi connectivity index (χ3n) is 4.51. The fourth-order valence-corrected chi connectivity index (χ4v) is 3.31. The summed E-state index contributed by atoms with van der Waals surface area (Å²) in [5.74, 6) is 0.868. The van der Waals surface area contributed by atoms with Crippen LogP contribution in [0.4, 0.5) is 0 Å². The van der Waals surface area contributed by atoms with E-state index >= 15 is 0 Å². The van der Waals surface area contributed by atoms with Crippen LogP contribution in [0.2, 0.25) is 5.02 Å². The molecule has 1 atom stereocenters. The van der Waals surface area contributed by atoms with Crippen molar-refractivity contribution < 1.29 is 9.84 Å². The van der Waals surface area contributed by atoms with Crippen LogP contribution in [0.1, 0.15) is 43.0 Å². The van der Waals surface area contributed by atoms with Crippen LogP contribution in [0.25, 0.3) is 6.08 Å². The Morgan fingerprint density at radius 3 is 2.72 bits per heavy atom. The number of fused-ring (bicyclic) bond motifs is 1. The van der Waals surface area contributed by atoms with E-state index in [1.165, 1.54) is 0 Å². The summed E-state index contributed by atoms with van der Waals surface area (Å²) in [5.41, 5.74) is 6.25. The number of hydrazone groups is 1. The van der Waals surface area contributed by atoms with Crippen molar-refractivity contribution >= 4 is 23.4 Å². The third kappa shape index (κ3) is 2.98. The van der Waals surface area contributed by atoms with Crippen LogP contribution in [0.15, 0.2) is 47.6 Å². The van der Waals surface area contributed by atoms with E-state index in [1.54, 1.807) is 6.07 Å². The van der Waals surface area contributed by atoms with Gasteiger partial charge in [-0.3, -0.25) is 0 Å². The number of aromatic hydroxyl groups is 1. The number of phenols is 1. The van der Waals surface area contributed by atoms with E-state index < -0.39 is 5.60 Å². The lowest BCUT2D eigenvalue weighted by Crippen LogP contribution is -2.28. The Bertz CT molecular complexity index is 885. The van der Waals surface area contributed by atoms with Crippen molar-refractivity contribution in [1.29, 1.82) is 0 Å². The van der Waals surface area contributed by atoms with Gasteiger partial charge in [-0.1, -0.05) is 29.8 Å². The first-order valence-corrected chi connectivity index (χ1v) is 8.63. The molecule has 4 rings (SSSR count). The summed E-state index contributed by atoms with van der Waals surface area (Å²) >= 11 is 5.96. The number of phenolic OH excluding ortho intramolecular Hbond substituents is 1. The van der Waals surface area contributed by atoms with Crippen molar-refractivity contribution in [2.75, 3.05) is 0 Å². The summed E-state index contributed by atoms with van der Waals surface area (Å²) < 4.78 is 6.13. The third-order valence-corrected chi connectivity index (χ3v) is 4.76. The average Bonchev–Trinajstić information content (AvgIpc) is 3.04. The number of ether oxygens (including phenoxy) is 1. The van der Waals surface area contributed by atoms with Gasteiger partial charge in [0.05, 0.1) is 17.3 Å². The van der Waals surface area contributed by atoms with Crippen molar-refractivity contribution in [1.82, 2.24) is 5.43 Å². The van der Waals surface area contributed by atoms with Gasteiger partial charge in [-0.05, 0) is 49.8 Å². The van der Waals surface area contributed by atoms with E-state index in [2.05, 4.69) is 10.5 Å². The summed E-state index contributed by atoms with van der Waals surface area (Å²) in [5, 5.41) is 15.6. The highest BCUT2D eigenvalue weighted by atomic mass is 35.5. The van der Waals surface area contributed by atoms with E-state index in [4.69, 9.17) is 16.3 Å². The number of nitrogens with one attached hydrogen (secondary N) is 1. The molecule has 25 heavy (non-hydrogen) atoms. The van der Waals surface area contributed by atoms with E-state index in [9.17, 15) is 5.11 Å². The SMILES string of the molecule is CC1(C)C=Cc2ccc(O)c(C3=NNC(c4ccc(Cl)cc4)C3)c2O1. The molecular formula is C20H19ClN2O2. The van der Waals surface area contributed by atoms with Gasteiger partial charge in [0.1, 0.15) is 17.1 Å². The van der Waals surface area contributed by atoms with Crippen LogP contribution in [-0.4, -0.2) is 16.4 Å². The molecular weight excluding hydrogens is 336 g/mol. The van der Waals surface area contributed by atoms with Gasteiger partial charge in [-0.2, -0.15) is 5.10 Å². The first kappa shape index (κ1) is 16.0. The molecule has 0 spiro atoms. The molecule has 2 aromatic rings. The Kier molecular flexibility index (Phi) is 3.73. The highest BCUT2D eigenvalue weighted by Crippen LogP contribution is 2.41. The van der Waals surface area contributed by atoms with Crippen LogP contribution < -0.4 is 10.2 Å². The van der Waals surface area contributed by atoms with E-state index in [1.807, 2.05) is 56.3 Å². The zero-order valence-corrected chi connectivity index (χ0v) is 14.8. The summed E-state index contributed by atoms with van der Waals surface area (Å²) in [6.45, 7) is 3.98. The molecule has 0 aliphatic carbocycles. The predicted molar refractivity (Wildman–Crippen MR) is 100 cm³/mol. The van der Waals surface area contributed by atoms with Crippen LogP contribution in [-0.2, 0) is 0 Å². The minimum Gasteiger partial charge on any atom is -0.507 e. The topological polar surface area (TPSA) is 53.9 Å². The molecule has 0 saturated heterocycles. The second-order valence-electron chi connectivity index (χ2n) is 6.91. The van der Waals surface area contributed by atoms with Gasteiger partial charge < -0.3 is 15.3 Å². The summed E-state index contributed by atoms with van der Waals surface area (Å²) in [6, 6.07) is 11.3. The monoisotopic (exact) mass is 354 g/mol. The smallest absolute Gasteiger partial charge is 0.140 e. The van der Waals surface area contributed by atoms with Gasteiger partial charge in [-0.15, -0.1) is 0 Å². The molecule has 2 heterocycles. The summed E-state index contributed by atoms with van der Waals surface area (Å²) in [7, 11) is 0. The minimum atomic E-state index is -0.419. The van der Waals surface area contributed by atoms with Crippen molar-refractivity contribution in [3.8, 4) is 11.5 Å². The maximum absolute atomic E-state index is 10.5. The number of hydrogen-bond acceptors (Lipinski definition) is 4. The van der Waals surface area contributed by atoms with Gasteiger partial charge in [0, 0.05) is 17.0 Å². The lowest BCUT2D eigenvalue weighted by Gasteiger charge is -2.29. The standard InChI is InChI=1S/C20H19ClN2O2/c1-20(2)10-9-13-5-8-17(24)18(19(13)25-20)16-11-15(22-23-16)12-3-6-14(21)7-4-12/h3-10,15,22,24H,11H2,1-2H3. The van der Waals surface area contributed by atoms with Crippen LogP contribution >= 0.6 is 11.6 Å². The normalized spacial score (nSPS) is 20.4. The predicted octanol–water partition coefficient (Wildman–Crippen LogP) is 4.67. The fourth-order valence-electron chi connectivity index (χ4n) is 3.18. The first-order chi connectivity index (χ1) is 11.9. The fraction of sp³-hybridized carbons (Fsp3) is 0.250. The molecule has 0 bridgehead atoms. The summed E-state index contributed by atoms with van der Waals surface area (Å²) in [6.07, 6.45) is 4.71. The van der Waals surface area contributed by atoms with Gasteiger partial charge in [0.25, 0.3) is 0 Å². The zero-order valence-electron chi connectivity index (χ0n) is 14.1. The van der Waals surface area contributed by atoms with Crippen molar-refractivity contribution in [3.05, 3.63) is 64.2 Å². The lowest BCUT2D eigenvalue weighted by molar-refractivity contribution is 0.158. The molecule has 0 fully saturated rings. The molecule has 1 unspecified atom stereocenters. The van der Waals surface area contributed by atoms with Crippen LogP contribution in [0.3, 0.4) is 0 Å². The highest BCUT2D eigenvalue weighted by Gasteiger charge is 2.30. The van der Waals surface area contributed by atoms with Crippen LogP contribution in [0.5, 0.6) is 11.5 Å². The maximum Gasteiger partial charge on any atom is 0.140 e. The second kappa shape index (κ2) is 5.81. The minimum absolute atomic E-state index is 0.0506. The Labute approximate surface area is 151 Å². The largest absolute Gasteiger partial charge is 0.507 e. The molecule has 128 valence electrons. The quantitative estimate of drug-likeness (QED) is 0.824. The van der Waals surface area contributed by atoms with Crippen molar-refractivity contribution in [2.24, 2.45) is 5.10 Å². The Morgan fingerprint density at radius 1 is 1.20 bits per heavy atom. The number of nitrogens with zero attached hydrogens (tertiary/aromatic N) is 1. The van der Waals surface area contributed by atoms with E-state index in [0.29, 0.717) is 22.8 Å². The molecule has 0 saturated carbocycles. The first-order valence-electron chi connectivity index (χ1n) is 8.25. The lowest BCUT2D eigenvalue weighted by atomic mass is 9.94. The Balaban J connectivity index is 1.68. The molecule has 2 N–H and O–H groups in total. The highest BCUT2D eigenvalue weighted by molar-refractivity contribution is 6.30. The molecule has 4 nitrogen and oxygen atoms in total. The second-order valence-corrected chi connectivity index (χ2v) is 7.35.